The van der Waals surface area contributed by atoms with Crippen LogP contribution in [0.4, 0.5) is 0 Å². The molecular formula is C45H90O7. The van der Waals surface area contributed by atoms with Crippen molar-refractivity contribution in [3.63, 3.8) is 0 Å². The maximum Gasteiger partial charge on any atom is 0.0436 e. The molecule has 0 spiro atoms. The van der Waals surface area contributed by atoms with Crippen molar-refractivity contribution in [1.82, 2.24) is 0 Å². The minimum atomic E-state index is -0.764. The van der Waals surface area contributed by atoms with E-state index >= 15 is 0 Å². The van der Waals surface area contributed by atoms with Crippen LogP contribution in [0.15, 0.2) is 0 Å². The van der Waals surface area contributed by atoms with Crippen molar-refractivity contribution >= 4 is 0 Å². The molecular weight excluding hydrogens is 652 g/mol. The molecule has 1 aliphatic rings. The summed E-state index contributed by atoms with van der Waals surface area (Å²) in [5, 5.41) is 74.9. The minimum Gasteiger partial charge on any atom is -0.396 e. The molecule has 0 aromatic heterocycles. The molecule has 7 heteroatoms. The molecule has 312 valence electrons. The Morgan fingerprint density at radius 3 is 0.885 bits per heavy atom. The first-order valence-electron chi connectivity index (χ1n) is 22.8. The van der Waals surface area contributed by atoms with Crippen molar-refractivity contribution in [2.45, 2.75) is 218 Å². The molecule has 1 atom stereocenters. The highest BCUT2D eigenvalue weighted by molar-refractivity contribution is 5.10. The zero-order valence-corrected chi connectivity index (χ0v) is 34.2. The summed E-state index contributed by atoms with van der Waals surface area (Å²) in [6, 6.07) is 0. The molecule has 7 N–H and O–H groups in total. The Bertz CT molecular complexity index is 744. The van der Waals surface area contributed by atoms with E-state index in [1.165, 1.54) is 128 Å². The Balaban J connectivity index is 3.36. The van der Waals surface area contributed by atoms with Gasteiger partial charge in [0, 0.05) is 46.2 Å². The molecule has 0 saturated heterocycles. The quantitative estimate of drug-likeness (QED) is 0.0940. The molecule has 0 bridgehead atoms. The van der Waals surface area contributed by atoms with E-state index in [2.05, 4.69) is 0 Å². The summed E-state index contributed by atoms with van der Waals surface area (Å²) in [6.45, 7) is -0.602. The third-order valence-electron chi connectivity index (χ3n) is 13.8. The first kappa shape index (κ1) is 49.7. The Hall–Kier alpha value is -0.280. The lowest BCUT2D eigenvalue weighted by atomic mass is 9.40. The van der Waals surface area contributed by atoms with E-state index in [-0.39, 0.29) is 52.2 Å². The fourth-order valence-electron chi connectivity index (χ4n) is 11.2. The van der Waals surface area contributed by atoms with Crippen molar-refractivity contribution in [2.75, 3.05) is 46.2 Å². The summed E-state index contributed by atoms with van der Waals surface area (Å²) in [4.78, 5) is 0. The summed E-state index contributed by atoms with van der Waals surface area (Å²) in [6.07, 6.45) is 36.4. The highest BCUT2D eigenvalue weighted by Crippen LogP contribution is 2.67. The van der Waals surface area contributed by atoms with Crippen LogP contribution in [0.5, 0.6) is 0 Å². The zero-order valence-electron chi connectivity index (χ0n) is 34.2. The van der Waals surface area contributed by atoms with Gasteiger partial charge in [0.15, 0.2) is 0 Å². The van der Waals surface area contributed by atoms with E-state index in [1.807, 2.05) is 0 Å². The molecule has 0 aromatic rings. The molecule has 52 heavy (non-hydrogen) atoms. The second-order valence-corrected chi connectivity index (χ2v) is 16.9. The number of aliphatic hydroxyl groups is 7. The minimum absolute atomic E-state index is 0.00932. The third kappa shape index (κ3) is 17.7. The Morgan fingerprint density at radius 1 is 0.308 bits per heavy atom. The third-order valence-corrected chi connectivity index (χ3v) is 13.8. The number of rotatable bonds is 14. The molecule has 1 fully saturated rings. The van der Waals surface area contributed by atoms with Gasteiger partial charge in [-0.25, -0.2) is 0 Å². The Morgan fingerprint density at radius 2 is 0.596 bits per heavy atom. The Kier molecular flexibility index (Phi) is 31.5. The fourth-order valence-corrected chi connectivity index (χ4v) is 11.2. The van der Waals surface area contributed by atoms with Crippen LogP contribution in [-0.2, 0) is 0 Å². The van der Waals surface area contributed by atoms with Gasteiger partial charge in [-0.1, -0.05) is 161 Å². The lowest BCUT2D eigenvalue weighted by Crippen LogP contribution is -2.59. The summed E-state index contributed by atoms with van der Waals surface area (Å²) in [5.41, 5.74) is -2.08. The molecule has 1 saturated carbocycles. The number of hydrogen-bond acceptors (Lipinski definition) is 7. The van der Waals surface area contributed by atoms with Crippen LogP contribution in [0.25, 0.3) is 0 Å². The van der Waals surface area contributed by atoms with Crippen LogP contribution >= 0.6 is 0 Å². The van der Waals surface area contributed by atoms with Crippen molar-refractivity contribution in [1.29, 1.82) is 0 Å². The summed E-state index contributed by atoms with van der Waals surface area (Å²) in [5.74, 6) is -0.0451. The summed E-state index contributed by atoms with van der Waals surface area (Å²) < 4.78 is 0. The molecule has 0 aliphatic heterocycles. The molecule has 7 nitrogen and oxygen atoms in total. The van der Waals surface area contributed by atoms with Crippen molar-refractivity contribution in [3.05, 3.63) is 0 Å². The van der Waals surface area contributed by atoms with E-state index in [4.69, 9.17) is 0 Å². The lowest BCUT2D eigenvalue weighted by molar-refractivity contribution is -0.183. The highest BCUT2D eigenvalue weighted by Gasteiger charge is 2.62. The van der Waals surface area contributed by atoms with Gasteiger partial charge < -0.3 is 35.7 Å². The van der Waals surface area contributed by atoms with Gasteiger partial charge in [-0.15, -0.1) is 0 Å². The molecule has 1 rings (SSSR count). The van der Waals surface area contributed by atoms with Crippen molar-refractivity contribution < 1.29 is 35.7 Å². The van der Waals surface area contributed by atoms with Crippen LogP contribution in [0.2, 0.25) is 0 Å². The zero-order chi connectivity index (χ0) is 38.1. The van der Waals surface area contributed by atoms with Gasteiger partial charge in [0.1, 0.15) is 0 Å². The maximum atomic E-state index is 10.8. The maximum absolute atomic E-state index is 10.8. The molecule has 0 heterocycles. The average Bonchev–Trinajstić information content (AvgIpc) is 3.13. The van der Waals surface area contributed by atoms with Gasteiger partial charge in [-0.2, -0.15) is 0 Å². The summed E-state index contributed by atoms with van der Waals surface area (Å²) in [7, 11) is 0. The highest BCUT2D eigenvalue weighted by atomic mass is 16.3. The first-order valence-corrected chi connectivity index (χ1v) is 22.8. The van der Waals surface area contributed by atoms with Gasteiger partial charge in [0.2, 0.25) is 0 Å². The van der Waals surface area contributed by atoms with Crippen LogP contribution in [0, 0.1) is 22.2 Å². The van der Waals surface area contributed by atoms with Crippen LogP contribution in [0.3, 0.4) is 0 Å². The van der Waals surface area contributed by atoms with Gasteiger partial charge in [0.05, 0.1) is 0 Å². The average molecular weight is 743 g/mol. The molecule has 0 aromatic carbocycles. The second kappa shape index (κ2) is 32.9. The molecule has 1 aliphatic carbocycles. The molecule has 0 amide bonds. The van der Waals surface area contributed by atoms with E-state index in [0.29, 0.717) is 44.9 Å². The van der Waals surface area contributed by atoms with Gasteiger partial charge in [0.25, 0.3) is 0 Å². The van der Waals surface area contributed by atoms with Crippen molar-refractivity contribution in [3.8, 4) is 0 Å². The van der Waals surface area contributed by atoms with Crippen LogP contribution < -0.4 is 0 Å². The summed E-state index contributed by atoms with van der Waals surface area (Å²) >= 11 is 0. The second-order valence-electron chi connectivity index (χ2n) is 16.9. The normalized spacial score (nSPS) is 23.7. The Labute approximate surface area is 321 Å². The molecule has 1 unspecified atom stereocenters. The largest absolute Gasteiger partial charge is 0.396 e. The SMILES string of the molecule is OCCC1CCCCCCCCCCCCCCCCCCCCCCCCCCCC(CCO)(CCO)C(CCO)(CCO)C1(CCO)CCO. The predicted octanol–water partition coefficient (Wildman–Crippen LogP) is 9.78. The number of aliphatic hydroxyl groups excluding tert-OH is 7. The van der Waals surface area contributed by atoms with Gasteiger partial charge in [-0.3, -0.25) is 0 Å². The fraction of sp³-hybridized carbons (Fsp3) is 1.00. The van der Waals surface area contributed by atoms with E-state index in [9.17, 15) is 35.7 Å². The van der Waals surface area contributed by atoms with Crippen LogP contribution in [0.1, 0.15) is 218 Å². The van der Waals surface area contributed by atoms with Crippen molar-refractivity contribution in [2.24, 2.45) is 22.2 Å². The number of hydrogen-bond donors (Lipinski definition) is 7. The van der Waals surface area contributed by atoms with E-state index in [0.717, 1.165) is 44.9 Å². The predicted molar refractivity (Wildman–Crippen MR) is 217 cm³/mol. The van der Waals surface area contributed by atoms with Gasteiger partial charge >= 0.3 is 0 Å². The standard InChI is InChI=1S/C45H90O7/c46-35-27-42-26-24-22-20-18-16-14-12-10-8-6-4-2-1-3-5-7-9-11-13-15-17-19-21-23-25-28-43(29-36-47,30-37-48)45(33-40-51,34-41-52)44(42,31-38-49)32-39-50/h42,46-52H,1-41H2. The van der Waals surface area contributed by atoms with E-state index in [1.54, 1.807) is 0 Å². The van der Waals surface area contributed by atoms with Gasteiger partial charge in [-0.05, 0) is 80.0 Å². The monoisotopic (exact) mass is 743 g/mol. The van der Waals surface area contributed by atoms with E-state index < -0.39 is 16.2 Å². The first-order chi connectivity index (χ1) is 25.5. The lowest BCUT2D eigenvalue weighted by Gasteiger charge is -2.64. The smallest absolute Gasteiger partial charge is 0.0436 e. The molecule has 0 radical (unpaired) electrons. The topological polar surface area (TPSA) is 142 Å². The van der Waals surface area contributed by atoms with Crippen LogP contribution in [-0.4, -0.2) is 82.0 Å².